The highest BCUT2D eigenvalue weighted by molar-refractivity contribution is 6.31. The second-order valence-corrected chi connectivity index (χ2v) is 10.00. The van der Waals surface area contributed by atoms with Crippen LogP contribution in [0.5, 0.6) is 0 Å². The van der Waals surface area contributed by atoms with Crippen LogP contribution in [0.4, 0.5) is 16.2 Å². The van der Waals surface area contributed by atoms with Gasteiger partial charge in [-0.05, 0) is 87.2 Å². The first-order chi connectivity index (χ1) is 16.9. The van der Waals surface area contributed by atoms with Gasteiger partial charge in [0.1, 0.15) is 17.3 Å². The number of rotatable bonds is 7. The number of amides is 2. The molecule has 188 valence electrons. The number of aryl methyl sites for hydroxylation is 1. The summed E-state index contributed by atoms with van der Waals surface area (Å²) in [6, 6.07) is 15.8. The number of anilines is 2. The van der Waals surface area contributed by atoms with E-state index in [0.29, 0.717) is 16.9 Å². The van der Waals surface area contributed by atoms with Gasteiger partial charge in [0.15, 0.2) is 0 Å². The molecule has 0 aliphatic rings. The van der Waals surface area contributed by atoms with Gasteiger partial charge in [-0.1, -0.05) is 36.7 Å². The van der Waals surface area contributed by atoms with Crippen molar-refractivity contribution in [2.24, 2.45) is 0 Å². The van der Waals surface area contributed by atoms with Crippen LogP contribution in [0.25, 0.3) is 11.1 Å². The molecule has 36 heavy (non-hydrogen) atoms. The molecule has 2 amide bonds. The summed E-state index contributed by atoms with van der Waals surface area (Å²) in [5, 5.41) is 5.72. The van der Waals surface area contributed by atoms with Crippen LogP contribution in [0.3, 0.4) is 0 Å². The number of halogens is 1. The molecule has 0 saturated heterocycles. The lowest BCUT2D eigenvalue weighted by Gasteiger charge is -2.25. The first-order valence-electron chi connectivity index (χ1n) is 11.6. The summed E-state index contributed by atoms with van der Waals surface area (Å²) in [5.41, 5.74) is 1.58. The van der Waals surface area contributed by atoms with E-state index in [9.17, 15) is 14.4 Å². The third-order valence-electron chi connectivity index (χ3n) is 5.55. The minimum atomic E-state index is -1.51. The number of carbonyl (C=O) groups is 3. The quantitative estimate of drug-likeness (QED) is 0.284. The summed E-state index contributed by atoms with van der Waals surface area (Å²) < 4.78 is 5.30. The van der Waals surface area contributed by atoms with E-state index in [1.54, 1.807) is 58.2 Å². The van der Waals surface area contributed by atoms with Crippen molar-refractivity contribution in [2.75, 3.05) is 10.6 Å². The summed E-state index contributed by atoms with van der Waals surface area (Å²) in [7, 11) is 0. The van der Waals surface area contributed by atoms with Crippen molar-refractivity contribution < 1.29 is 19.1 Å². The second-order valence-electron chi connectivity index (χ2n) is 9.56. The number of nitrogens with zero attached hydrogens (tertiary/aromatic N) is 1. The Bertz CT molecular complexity index is 1290. The average Bonchev–Trinajstić information content (AvgIpc) is 2.84. The van der Waals surface area contributed by atoms with Gasteiger partial charge in [-0.25, -0.2) is 4.79 Å². The first-order valence-corrected chi connectivity index (χ1v) is 12.0. The summed E-state index contributed by atoms with van der Waals surface area (Å²) in [5.74, 6) is -0.576. The van der Waals surface area contributed by atoms with Crippen LogP contribution in [0.2, 0.25) is 5.02 Å². The molecule has 2 aromatic carbocycles. The van der Waals surface area contributed by atoms with E-state index in [4.69, 9.17) is 16.3 Å². The van der Waals surface area contributed by atoms with Crippen LogP contribution >= 0.6 is 11.6 Å². The van der Waals surface area contributed by atoms with E-state index < -0.39 is 23.0 Å². The molecule has 7 nitrogen and oxygen atoms in total. The van der Waals surface area contributed by atoms with E-state index >= 15 is 0 Å². The number of benzene rings is 2. The standard InChI is InChI=1S/C28H30ClN3O4/c1-6-22-15-19(12-13-30-22)18-8-7-9-20(14-18)28(5,17-33)25(34)31-24-16-21(29)10-11-23(24)32-26(35)36-27(2,3)4/h7-17H,6H2,1-5H3,(H,31,34)(H,32,35). The van der Waals surface area contributed by atoms with Gasteiger partial charge in [0, 0.05) is 16.9 Å². The van der Waals surface area contributed by atoms with E-state index in [0.717, 1.165) is 23.2 Å². The number of hydrogen-bond donors (Lipinski definition) is 2. The molecule has 3 aromatic rings. The Labute approximate surface area is 216 Å². The molecule has 0 aliphatic heterocycles. The topological polar surface area (TPSA) is 97.4 Å². The highest BCUT2D eigenvalue weighted by Gasteiger charge is 2.36. The van der Waals surface area contributed by atoms with Gasteiger partial charge >= 0.3 is 6.09 Å². The lowest BCUT2D eigenvalue weighted by molar-refractivity contribution is -0.126. The molecule has 1 aromatic heterocycles. The predicted octanol–water partition coefficient (Wildman–Crippen LogP) is 6.41. The Morgan fingerprint density at radius 2 is 1.69 bits per heavy atom. The van der Waals surface area contributed by atoms with Gasteiger partial charge < -0.3 is 14.8 Å². The Morgan fingerprint density at radius 3 is 2.36 bits per heavy atom. The lowest BCUT2D eigenvalue weighted by atomic mass is 9.81. The number of ether oxygens (including phenoxy) is 1. The fraction of sp³-hybridized carbons (Fsp3) is 0.286. The maximum Gasteiger partial charge on any atom is 0.412 e. The first kappa shape index (κ1) is 26.9. The maximum absolute atomic E-state index is 13.5. The SMILES string of the molecule is CCc1cc(-c2cccc(C(C)(C=O)C(=O)Nc3cc(Cl)ccc3NC(=O)OC(C)(C)C)c2)ccn1. The molecular formula is C28H30ClN3O4. The zero-order valence-electron chi connectivity index (χ0n) is 21.0. The van der Waals surface area contributed by atoms with Crippen molar-refractivity contribution in [3.8, 4) is 11.1 Å². The van der Waals surface area contributed by atoms with Crippen molar-refractivity contribution in [3.63, 3.8) is 0 Å². The van der Waals surface area contributed by atoms with Crippen LogP contribution < -0.4 is 10.6 Å². The number of aldehydes is 1. The molecule has 0 radical (unpaired) electrons. The number of hydrogen-bond acceptors (Lipinski definition) is 5. The third-order valence-corrected chi connectivity index (χ3v) is 5.78. The van der Waals surface area contributed by atoms with Crippen LogP contribution in [-0.2, 0) is 26.2 Å². The third kappa shape index (κ3) is 6.49. The van der Waals surface area contributed by atoms with E-state index in [2.05, 4.69) is 15.6 Å². The number of aromatic nitrogens is 1. The maximum atomic E-state index is 13.5. The van der Waals surface area contributed by atoms with E-state index in [1.807, 2.05) is 31.2 Å². The minimum absolute atomic E-state index is 0.240. The molecule has 2 N–H and O–H groups in total. The van der Waals surface area contributed by atoms with Crippen LogP contribution in [-0.4, -0.2) is 28.9 Å². The highest BCUT2D eigenvalue weighted by Crippen LogP contribution is 2.31. The number of pyridine rings is 1. The Kier molecular flexibility index (Phi) is 8.15. The van der Waals surface area contributed by atoms with E-state index in [-0.39, 0.29) is 11.4 Å². The van der Waals surface area contributed by atoms with Crippen LogP contribution in [0, 0.1) is 0 Å². The number of carbonyl (C=O) groups excluding carboxylic acids is 3. The van der Waals surface area contributed by atoms with E-state index in [1.165, 1.54) is 6.07 Å². The predicted molar refractivity (Wildman–Crippen MR) is 142 cm³/mol. The summed E-state index contributed by atoms with van der Waals surface area (Å²) in [4.78, 5) is 42.4. The monoisotopic (exact) mass is 507 g/mol. The summed E-state index contributed by atoms with van der Waals surface area (Å²) in [6.45, 7) is 8.81. The Morgan fingerprint density at radius 1 is 0.972 bits per heavy atom. The molecule has 0 bridgehead atoms. The van der Waals surface area contributed by atoms with Crippen molar-refractivity contribution in [1.82, 2.24) is 4.98 Å². The normalized spacial score (nSPS) is 12.8. The van der Waals surface area contributed by atoms with Crippen molar-refractivity contribution in [3.05, 3.63) is 77.1 Å². The smallest absolute Gasteiger partial charge is 0.412 e. The molecule has 0 fully saturated rings. The van der Waals surface area contributed by atoms with Gasteiger partial charge in [-0.3, -0.25) is 15.1 Å². The molecule has 3 rings (SSSR count). The minimum Gasteiger partial charge on any atom is -0.444 e. The second kappa shape index (κ2) is 10.9. The fourth-order valence-corrected chi connectivity index (χ4v) is 3.69. The van der Waals surface area contributed by atoms with Crippen molar-refractivity contribution in [1.29, 1.82) is 0 Å². The summed E-state index contributed by atoms with van der Waals surface area (Å²) >= 11 is 6.15. The van der Waals surface area contributed by atoms with Crippen molar-refractivity contribution in [2.45, 2.75) is 52.1 Å². The Balaban J connectivity index is 1.91. The van der Waals surface area contributed by atoms with Crippen LogP contribution in [0.1, 0.15) is 45.9 Å². The summed E-state index contributed by atoms with van der Waals surface area (Å²) in [6.07, 6.45) is 2.46. The van der Waals surface area contributed by atoms with Gasteiger partial charge in [0.2, 0.25) is 5.91 Å². The zero-order valence-corrected chi connectivity index (χ0v) is 21.8. The molecule has 0 spiro atoms. The van der Waals surface area contributed by atoms with Gasteiger partial charge in [-0.15, -0.1) is 0 Å². The Hall–Kier alpha value is -3.71. The molecule has 0 saturated carbocycles. The molecular weight excluding hydrogens is 478 g/mol. The fourth-order valence-electron chi connectivity index (χ4n) is 3.52. The average molecular weight is 508 g/mol. The molecule has 8 heteroatoms. The molecule has 1 atom stereocenters. The number of nitrogens with one attached hydrogen (secondary N) is 2. The largest absolute Gasteiger partial charge is 0.444 e. The lowest BCUT2D eigenvalue weighted by Crippen LogP contribution is -2.39. The highest BCUT2D eigenvalue weighted by atomic mass is 35.5. The van der Waals surface area contributed by atoms with Gasteiger partial charge in [-0.2, -0.15) is 0 Å². The molecule has 0 aliphatic carbocycles. The molecule has 1 heterocycles. The van der Waals surface area contributed by atoms with Crippen LogP contribution in [0.15, 0.2) is 60.8 Å². The van der Waals surface area contributed by atoms with Gasteiger partial charge in [0.05, 0.1) is 11.4 Å². The van der Waals surface area contributed by atoms with Gasteiger partial charge in [0.25, 0.3) is 0 Å². The van der Waals surface area contributed by atoms with Crippen molar-refractivity contribution >= 4 is 41.3 Å². The zero-order chi connectivity index (χ0) is 26.5. The molecule has 1 unspecified atom stereocenters.